The van der Waals surface area contributed by atoms with E-state index in [1.165, 1.54) is 22.9 Å². The molecule has 0 bridgehead atoms. The number of aryl methyl sites for hydroxylation is 2. The van der Waals surface area contributed by atoms with Crippen molar-refractivity contribution in [3.05, 3.63) is 52.5 Å². The third-order valence-corrected chi connectivity index (χ3v) is 6.76. The monoisotopic (exact) mass is 433 g/mol. The smallest absolute Gasteiger partial charge is 0.239 e. The average Bonchev–Trinajstić information content (AvgIpc) is 3.03. The van der Waals surface area contributed by atoms with E-state index in [2.05, 4.69) is 30.9 Å². The second-order valence-electron chi connectivity index (χ2n) is 6.99. The number of thioether (sulfide) groups is 1. The minimum absolute atomic E-state index is 0.0642. The number of benzene rings is 2. The molecule has 0 saturated carbocycles. The van der Waals surface area contributed by atoms with Gasteiger partial charge in [0.15, 0.2) is 5.13 Å². The molecular weight excluding hydrogens is 410 g/mol. The molecular formula is C21H24ClN3OS2. The molecule has 2 aromatic carbocycles. The Morgan fingerprint density at radius 1 is 1.11 bits per heavy atom. The lowest BCUT2D eigenvalue weighted by molar-refractivity contribution is -0.116. The van der Waals surface area contributed by atoms with Crippen LogP contribution in [0.2, 0.25) is 5.02 Å². The quantitative estimate of drug-likeness (QED) is 0.476. The molecule has 3 aromatic rings. The molecule has 1 aromatic heterocycles. The lowest BCUT2D eigenvalue weighted by Gasteiger charge is -2.21. The van der Waals surface area contributed by atoms with Crippen LogP contribution in [0.15, 0.2) is 41.3 Å². The lowest BCUT2D eigenvalue weighted by Crippen LogP contribution is -2.37. The Morgan fingerprint density at radius 3 is 2.46 bits per heavy atom. The summed E-state index contributed by atoms with van der Waals surface area (Å²) in [5.74, 6) is 0.428. The first-order valence-corrected chi connectivity index (χ1v) is 11.2. The molecule has 1 amide bonds. The molecule has 148 valence electrons. The van der Waals surface area contributed by atoms with E-state index in [-0.39, 0.29) is 5.91 Å². The van der Waals surface area contributed by atoms with Crippen LogP contribution in [0.3, 0.4) is 0 Å². The SMILES string of the molecule is Cc1cc2nc(N(CCN(C)C)C(=O)CSc3ccc(Cl)cc3)sc2cc1C. The molecule has 0 aliphatic carbocycles. The second kappa shape index (κ2) is 9.27. The fourth-order valence-electron chi connectivity index (χ4n) is 2.66. The highest BCUT2D eigenvalue weighted by Crippen LogP contribution is 2.31. The van der Waals surface area contributed by atoms with Gasteiger partial charge >= 0.3 is 0 Å². The minimum atomic E-state index is 0.0642. The predicted octanol–water partition coefficient (Wildman–Crippen LogP) is 5.25. The Labute approximate surface area is 179 Å². The third-order valence-electron chi connectivity index (χ3n) is 4.47. The van der Waals surface area contributed by atoms with E-state index in [0.29, 0.717) is 17.3 Å². The summed E-state index contributed by atoms with van der Waals surface area (Å²) in [5.41, 5.74) is 3.41. The first kappa shape index (κ1) is 21.1. The maximum Gasteiger partial charge on any atom is 0.239 e. The van der Waals surface area contributed by atoms with Crippen LogP contribution in [0.4, 0.5) is 5.13 Å². The van der Waals surface area contributed by atoms with E-state index < -0.39 is 0 Å². The van der Waals surface area contributed by atoms with Crippen molar-refractivity contribution in [3.8, 4) is 0 Å². The maximum atomic E-state index is 13.0. The van der Waals surface area contributed by atoms with Gasteiger partial charge in [-0.3, -0.25) is 9.69 Å². The molecule has 4 nitrogen and oxygen atoms in total. The number of aromatic nitrogens is 1. The number of likely N-dealkylation sites (N-methyl/N-ethyl adjacent to an activating group) is 1. The van der Waals surface area contributed by atoms with Crippen LogP contribution in [-0.2, 0) is 4.79 Å². The van der Waals surface area contributed by atoms with Gasteiger partial charge in [0, 0.05) is 23.0 Å². The van der Waals surface area contributed by atoms with E-state index in [9.17, 15) is 4.79 Å². The molecule has 0 fully saturated rings. The summed E-state index contributed by atoms with van der Waals surface area (Å²) in [5, 5.41) is 1.46. The number of halogens is 1. The van der Waals surface area contributed by atoms with Gasteiger partial charge in [-0.1, -0.05) is 22.9 Å². The van der Waals surface area contributed by atoms with Crippen molar-refractivity contribution in [2.75, 3.05) is 37.8 Å². The molecule has 0 saturated heterocycles. The summed E-state index contributed by atoms with van der Waals surface area (Å²) in [7, 11) is 4.02. The van der Waals surface area contributed by atoms with Gasteiger partial charge in [-0.15, -0.1) is 11.8 Å². The Balaban J connectivity index is 1.81. The summed E-state index contributed by atoms with van der Waals surface area (Å²) in [6.45, 7) is 5.59. The van der Waals surface area contributed by atoms with Crippen molar-refractivity contribution in [2.45, 2.75) is 18.7 Å². The van der Waals surface area contributed by atoms with Crippen LogP contribution >= 0.6 is 34.7 Å². The summed E-state index contributed by atoms with van der Waals surface area (Å²) in [6, 6.07) is 11.8. The van der Waals surface area contributed by atoms with Crippen LogP contribution in [0.1, 0.15) is 11.1 Å². The van der Waals surface area contributed by atoms with Gasteiger partial charge in [-0.25, -0.2) is 4.98 Å². The van der Waals surface area contributed by atoms with Crippen molar-refractivity contribution in [1.29, 1.82) is 0 Å². The number of thiazole rings is 1. The topological polar surface area (TPSA) is 36.4 Å². The zero-order chi connectivity index (χ0) is 20.3. The molecule has 0 aliphatic rings. The first-order valence-electron chi connectivity index (χ1n) is 9.05. The molecule has 1 heterocycles. The highest BCUT2D eigenvalue weighted by Gasteiger charge is 2.20. The van der Waals surface area contributed by atoms with E-state index in [1.807, 2.05) is 43.3 Å². The summed E-state index contributed by atoms with van der Waals surface area (Å²) < 4.78 is 1.12. The van der Waals surface area contributed by atoms with Crippen molar-refractivity contribution in [1.82, 2.24) is 9.88 Å². The second-order valence-corrected chi connectivity index (χ2v) is 9.49. The predicted molar refractivity (Wildman–Crippen MR) is 122 cm³/mol. The molecule has 28 heavy (non-hydrogen) atoms. The van der Waals surface area contributed by atoms with Crippen LogP contribution in [0.25, 0.3) is 10.2 Å². The van der Waals surface area contributed by atoms with Crippen molar-refractivity contribution < 1.29 is 4.79 Å². The zero-order valence-corrected chi connectivity index (χ0v) is 18.9. The van der Waals surface area contributed by atoms with Crippen LogP contribution in [-0.4, -0.2) is 48.7 Å². The number of hydrogen-bond donors (Lipinski definition) is 0. The summed E-state index contributed by atoms with van der Waals surface area (Å²) >= 11 is 9.04. The van der Waals surface area contributed by atoms with Gasteiger partial charge in [0.25, 0.3) is 0 Å². The van der Waals surface area contributed by atoms with Gasteiger partial charge in [-0.05, 0) is 75.5 Å². The Morgan fingerprint density at radius 2 is 1.79 bits per heavy atom. The fraction of sp³-hybridized carbons (Fsp3) is 0.333. The van der Waals surface area contributed by atoms with Crippen molar-refractivity contribution in [2.24, 2.45) is 0 Å². The van der Waals surface area contributed by atoms with E-state index >= 15 is 0 Å². The number of anilines is 1. The number of amides is 1. The van der Waals surface area contributed by atoms with Crippen LogP contribution in [0.5, 0.6) is 0 Å². The van der Waals surface area contributed by atoms with Gasteiger partial charge in [0.1, 0.15) is 0 Å². The Hall–Kier alpha value is -1.60. The molecule has 3 rings (SSSR count). The zero-order valence-electron chi connectivity index (χ0n) is 16.5. The average molecular weight is 434 g/mol. The molecule has 0 aliphatic heterocycles. The minimum Gasteiger partial charge on any atom is -0.308 e. The largest absolute Gasteiger partial charge is 0.308 e. The van der Waals surface area contributed by atoms with E-state index in [0.717, 1.165) is 26.8 Å². The number of fused-ring (bicyclic) bond motifs is 1. The summed E-state index contributed by atoms with van der Waals surface area (Å²) in [4.78, 5) is 22.7. The van der Waals surface area contributed by atoms with Crippen molar-refractivity contribution in [3.63, 3.8) is 0 Å². The van der Waals surface area contributed by atoms with Crippen molar-refractivity contribution >= 4 is 56.0 Å². The first-order chi connectivity index (χ1) is 13.3. The van der Waals surface area contributed by atoms with E-state index in [1.54, 1.807) is 11.3 Å². The highest BCUT2D eigenvalue weighted by molar-refractivity contribution is 8.00. The van der Waals surface area contributed by atoms with Gasteiger partial charge < -0.3 is 4.90 Å². The molecule has 0 spiro atoms. The highest BCUT2D eigenvalue weighted by atomic mass is 35.5. The molecule has 0 N–H and O–H groups in total. The third kappa shape index (κ3) is 5.26. The Kier molecular flexibility index (Phi) is 6.99. The number of nitrogens with zero attached hydrogens (tertiary/aromatic N) is 3. The molecule has 0 radical (unpaired) electrons. The van der Waals surface area contributed by atoms with Crippen LogP contribution < -0.4 is 4.90 Å². The molecule has 0 unspecified atom stereocenters. The number of carbonyl (C=O) groups excluding carboxylic acids is 1. The standard InChI is InChI=1S/C21H24ClN3OS2/c1-14-11-18-19(12-15(14)2)28-21(23-18)25(10-9-24(3)4)20(26)13-27-17-7-5-16(22)6-8-17/h5-8,11-12H,9-10,13H2,1-4H3. The number of carbonyl (C=O) groups is 1. The maximum absolute atomic E-state index is 13.0. The van der Waals surface area contributed by atoms with Gasteiger partial charge in [0.05, 0.1) is 16.0 Å². The molecule has 0 atom stereocenters. The number of rotatable bonds is 7. The summed E-state index contributed by atoms with van der Waals surface area (Å²) in [6.07, 6.45) is 0. The lowest BCUT2D eigenvalue weighted by atomic mass is 10.1. The molecule has 7 heteroatoms. The van der Waals surface area contributed by atoms with Crippen LogP contribution in [0, 0.1) is 13.8 Å². The van der Waals surface area contributed by atoms with Gasteiger partial charge in [-0.2, -0.15) is 0 Å². The van der Waals surface area contributed by atoms with Gasteiger partial charge in [0.2, 0.25) is 5.91 Å². The van der Waals surface area contributed by atoms with E-state index in [4.69, 9.17) is 16.6 Å². The Bertz CT molecular complexity index is 931. The normalized spacial score (nSPS) is 11.4. The number of hydrogen-bond acceptors (Lipinski definition) is 5. The fourth-order valence-corrected chi connectivity index (χ4v) is 4.65.